The number of nitrogens with zero attached hydrogens (tertiary/aromatic N) is 1. The molecule has 0 saturated carbocycles. The largest absolute Gasteiger partial charge is 0.370 e. The van der Waals surface area contributed by atoms with Crippen LogP contribution in [0.4, 0.5) is 0 Å². The highest BCUT2D eigenvalue weighted by Gasteiger charge is 2.43. The lowest BCUT2D eigenvalue weighted by atomic mass is 9.82. The summed E-state index contributed by atoms with van der Waals surface area (Å²) < 4.78 is 0. The van der Waals surface area contributed by atoms with Crippen molar-refractivity contribution in [3.8, 4) is 0 Å². The normalized spacial score (nSPS) is 26.8. The molecule has 0 aromatic heterocycles. The summed E-state index contributed by atoms with van der Waals surface area (Å²) in [6.07, 6.45) is 3.34. The van der Waals surface area contributed by atoms with Crippen molar-refractivity contribution < 1.29 is 9.63 Å². The van der Waals surface area contributed by atoms with Crippen LogP contribution in [0, 0.1) is 0 Å². The van der Waals surface area contributed by atoms with Gasteiger partial charge in [-0.2, -0.15) is 0 Å². The number of hydrogen-bond donors (Lipinski definition) is 0. The van der Waals surface area contributed by atoms with E-state index >= 15 is 0 Å². The van der Waals surface area contributed by atoms with Crippen LogP contribution in [0.15, 0.2) is 0 Å². The predicted molar refractivity (Wildman–Crippen MR) is 51.0 cm³/mol. The van der Waals surface area contributed by atoms with Crippen LogP contribution < -0.4 is 0 Å². The van der Waals surface area contributed by atoms with Crippen LogP contribution in [-0.2, 0) is 9.63 Å². The van der Waals surface area contributed by atoms with E-state index < -0.39 is 0 Å². The maximum absolute atomic E-state index is 10.4. The fourth-order valence-corrected chi connectivity index (χ4v) is 2.30. The molecule has 0 aromatic carbocycles. The Labute approximate surface area is 80.0 Å². The summed E-state index contributed by atoms with van der Waals surface area (Å²) in [5.74, 6) is 0. The Balaban J connectivity index is 2.83. The molecule has 1 saturated heterocycles. The minimum absolute atomic E-state index is 0.0390. The van der Waals surface area contributed by atoms with Crippen molar-refractivity contribution in [1.29, 1.82) is 0 Å². The molecule has 3 nitrogen and oxygen atoms in total. The van der Waals surface area contributed by atoms with Gasteiger partial charge in [0, 0.05) is 0 Å². The first kappa shape index (κ1) is 10.5. The van der Waals surface area contributed by atoms with Crippen molar-refractivity contribution in [3.63, 3.8) is 0 Å². The van der Waals surface area contributed by atoms with Crippen LogP contribution >= 0.6 is 0 Å². The molecule has 0 aliphatic carbocycles. The summed E-state index contributed by atoms with van der Waals surface area (Å²) in [6.45, 7) is 8.96. The highest BCUT2D eigenvalue weighted by Crippen LogP contribution is 2.37. The first-order valence-electron chi connectivity index (χ1n) is 4.81. The Hall–Kier alpha value is -0.570. The second-order valence-electron chi connectivity index (χ2n) is 4.97. The van der Waals surface area contributed by atoms with Gasteiger partial charge in [0.25, 0.3) is 0 Å². The van der Waals surface area contributed by atoms with E-state index in [1.807, 2.05) is 5.06 Å². The molecule has 1 heterocycles. The third-order valence-corrected chi connectivity index (χ3v) is 2.83. The first-order chi connectivity index (χ1) is 5.90. The van der Waals surface area contributed by atoms with Gasteiger partial charge in [-0.15, -0.1) is 5.06 Å². The van der Waals surface area contributed by atoms with Crippen LogP contribution in [0.2, 0.25) is 0 Å². The molecule has 0 amide bonds. The van der Waals surface area contributed by atoms with Gasteiger partial charge in [0.05, 0.1) is 11.1 Å². The Bertz CT molecular complexity index is 183. The van der Waals surface area contributed by atoms with Crippen molar-refractivity contribution in [2.75, 3.05) is 0 Å². The fourth-order valence-electron chi connectivity index (χ4n) is 2.30. The molecule has 0 aromatic rings. The molecule has 0 N–H and O–H groups in total. The van der Waals surface area contributed by atoms with Gasteiger partial charge in [0.2, 0.25) is 0 Å². The van der Waals surface area contributed by atoms with Crippen LogP contribution in [-0.4, -0.2) is 22.6 Å². The lowest BCUT2D eigenvalue weighted by molar-refractivity contribution is -0.254. The van der Waals surface area contributed by atoms with E-state index in [1.54, 1.807) is 0 Å². The van der Waals surface area contributed by atoms with Crippen LogP contribution in [0.1, 0.15) is 47.0 Å². The second kappa shape index (κ2) is 3.29. The van der Waals surface area contributed by atoms with Gasteiger partial charge < -0.3 is 4.84 Å². The molecule has 1 fully saturated rings. The average Bonchev–Trinajstić information content (AvgIpc) is 1.96. The topological polar surface area (TPSA) is 29.5 Å². The molecule has 0 radical (unpaired) electrons. The van der Waals surface area contributed by atoms with Gasteiger partial charge in [-0.25, -0.2) is 0 Å². The third-order valence-electron chi connectivity index (χ3n) is 2.83. The van der Waals surface area contributed by atoms with Crippen molar-refractivity contribution in [1.82, 2.24) is 5.06 Å². The molecule has 0 spiro atoms. The molecular weight excluding hydrogens is 166 g/mol. The maximum Gasteiger partial charge on any atom is 0.313 e. The smallest absolute Gasteiger partial charge is 0.313 e. The van der Waals surface area contributed by atoms with Gasteiger partial charge in [-0.1, -0.05) is 0 Å². The number of hydrogen-bond acceptors (Lipinski definition) is 3. The SMILES string of the molecule is CC1(C)CCCC(C)(C)N1OC=O. The minimum atomic E-state index is -0.0390. The standard InChI is InChI=1S/C10H19NO2/c1-9(2)6-5-7-10(3,4)11(9)13-8-12/h8H,5-7H2,1-4H3. The Morgan fingerprint density at radius 3 is 2.00 bits per heavy atom. The van der Waals surface area contributed by atoms with E-state index in [1.165, 1.54) is 6.42 Å². The predicted octanol–water partition coefficient (Wildman–Crippen LogP) is 2.12. The lowest BCUT2D eigenvalue weighted by Crippen LogP contribution is -2.58. The highest BCUT2D eigenvalue weighted by molar-refractivity contribution is 5.36. The summed E-state index contributed by atoms with van der Waals surface area (Å²) in [6, 6.07) is 0. The summed E-state index contributed by atoms with van der Waals surface area (Å²) in [5, 5.41) is 1.83. The van der Waals surface area contributed by atoms with Crippen molar-refractivity contribution in [2.24, 2.45) is 0 Å². The minimum Gasteiger partial charge on any atom is -0.370 e. The number of piperidine rings is 1. The van der Waals surface area contributed by atoms with Crippen molar-refractivity contribution in [2.45, 2.75) is 58.0 Å². The molecule has 0 bridgehead atoms. The van der Waals surface area contributed by atoms with Gasteiger partial charge in [-0.05, 0) is 47.0 Å². The molecule has 1 aliphatic rings. The fraction of sp³-hybridized carbons (Fsp3) is 0.900. The van der Waals surface area contributed by atoms with Crippen LogP contribution in [0.5, 0.6) is 0 Å². The lowest BCUT2D eigenvalue weighted by Gasteiger charge is -2.49. The number of carbonyl (C=O) groups excluding carboxylic acids is 1. The average molecular weight is 185 g/mol. The quantitative estimate of drug-likeness (QED) is 0.617. The van der Waals surface area contributed by atoms with E-state index in [0.717, 1.165) is 12.8 Å². The number of hydroxylamine groups is 2. The zero-order valence-corrected chi connectivity index (χ0v) is 8.96. The first-order valence-corrected chi connectivity index (χ1v) is 4.81. The van der Waals surface area contributed by atoms with Gasteiger partial charge >= 0.3 is 6.47 Å². The van der Waals surface area contributed by atoms with Crippen LogP contribution in [0.25, 0.3) is 0 Å². The highest BCUT2D eigenvalue weighted by atomic mass is 16.7. The Kier molecular flexibility index (Phi) is 2.66. The maximum atomic E-state index is 10.4. The third kappa shape index (κ3) is 2.02. The summed E-state index contributed by atoms with van der Waals surface area (Å²) in [4.78, 5) is 15.5. The molecule has 13 heavy (non-hydrogen) atoms. The van der Waals surface area contributed by atoms with E-state index in [0.29, 0.717) is 6.47 Å². The zero-order chi connectivity index (χ0) is 10.1. The number of rotatable bonds is 2. The van der Waals surface area contributed by atoms with Gasteiger partial charge in [-0.3, -0.25) is 4.79 Å². The van der Waals surface area contributed by atoms with E-state index in [-0.39, 0.29) is 11.1 Å². The molecule has 0 atom stereocenters. The number of carbonyl (C=O) groups is 1. The summed E-state index contributed by atoms with van der Waals surface area (Å²) in [7, 11) is 0. The Morgan fingerprint density at radius 2 is 1.62 bits per heavy atom. The summed E-state index contributed by atoms with van der Waals surface area (Å²) >= 11 is 0. The zero-order valence-electron chi connectivity index (χ0n) is 8.96. The monoisotopic (exact) mass is 185 g/mol. The molecule has 3 heteroatoms. The van der Waals surface area contributed by atoms with E-state index in [2.05, 4.69) is 27.7 Å². The van der Waals surface area contributed by atoms with E-state index in [4.69, 9.17) is 4.84 Å². The molecule has 0 unspecified atom stereocenters. The molecular formula is C10H19NO2. The van der Waals surface area contributed by atoms with E-state index in [9.17, 15) is 4.79 Å². The second-order valence-corrected chi connectivity index (χ2v) is 4.97. The summed E-state index contributed by atoms with van der Waals surface area (Å²) in [5.41, 5.74) is -0.0781. The molecule has 1 aliphatic heterocycles. The Morgan fingerprint density at radius 1 is 1.15 bits per heavy atom. The van der Waals surface area contributed by atoms with Gasteiger partial charge in [0.15, 0.2) is 0 Å². The van der Waals surface area contributed by atoms with Crippen molar-refractivity contribution >= 4 is 6.47 Å². The van der Waals surface area contributed by atoms with Crippen LogP contribution in [0.3, 0.4) is 0 Å². The molecule has 1 rings (SSSR count). The van der Waals surface area contributed by atoms with Gasteiger partial charge in [0.1, 0.15) is 0 Å². The van der Waals surface area contributed by atoms with Crippen molar-refractivity contribution in [3.05, 3.63) is 0 Å². The molecule has 76 valence electrons.